The first-order chi connectivity index (χ1) is 9.63. The molecule has 1 aliphatic heterocycles. The fourth-order valence-electron chi connectivity index (χ4n) is 5.36. The highest BCUT2D eigenvalue weighted by Gasteiger charge is 2.48. The van der Waals surface area contributed by atoms with E-state index in [2.05, 4.69) is 18.7 Å². The molecule has 2 heteroatoms. The molecule has 20 heavy (non-hydrogen) atoms. The minimum Gasteiger partial charge on any atom is -0.326 e. The maximum Gasteiger partial charge on any atom is 0.0363 e. The number of nitrogens with two attached hydrogens (primary N) is 1. The summed E-state index contributed by atoms with van der Waals surface area (Å²) in [6.07, 6.45) is 12.5. The molecular weight excluding hydrogens is 244 g/mol. The van der Waals surface area contributed by atoms with Crippen molar-refractivity contribution in [3.8, 4) is 0 Å². The van der Waals surface area contributed by atoms with E-state index in [4.69, 9.17) is 5.73 Å². The molecule has 4 unspecified atom stereocenters. The van der Waals surface area contributed by atoms with Crippen LogP contribution >= 0.6 is 0 Å². The normalized spacial score (nSPS) is 40.0. The van der Waals surface area contributed by atoms with Crippen LogP contribution in [0.25, 0.3) is 0 Å². The lowest BCUT2D eigenvalue weighted by molar-refractivity contribution is 0.0455. The van der Waals surface area contributed by atoms with Gasteiger partial charge in [0.15, 0.2) is 0 Å². The summed E-state index contributed by atoms with van der Waals surface area (Å²) in [5.41, 5.74) is 7.31. The Morgan fingerprint density at radius 3 is 2.20 bits per heavy atom. The molecule has 2 nitrogen and oxygen atoms in total. The van der Waals surface area contributed by atoms with Crippen LogP contribution in [0.15, 0.2) is 0 Å². The molecule has 0 amide bonds. The zero-order valence-corrected chi connectivity index (χ0v) is 13.6. The van der Waals surface area contributed by atoms with Crippen molar-refractivity contribution >= 4 is 0 Å². The largest absolute Gasteiger partial charge is 0.326 e. The Hall–Kier alpha value is -0.0800. The molecular formula is C18H34N2. The van der Waals surface area contributed by atoms with Gasteiger partial charge in [-0.05, 0) is 69.4 Å². The quantitative estimate of drug-likeness (QED) is 0.851. The van der Waals surface area contributed by atoms with Gasteiger partial charge in [-0.1, -0.05) is 33.1 Å². The van der Waals surface area contributed by atoms with Gasteiger partial charge in [-0.3, -0.25) is 4.90 Å². The fraction of sp³-hybridized carbons (Fsp3) is 1.00. The van der Waals surface area contributed by atoms with Gasteiger partial charge in [0.05, 0.1) is 0 Å². The lowest BCUT2D eigenvalue weighted by Crippen LogP contribution is -2.60. The first-order valence-corrected chi connectivity index (χ1v) is 9.14. The molecule has 1 heterocycles. The second-order valence-corrected chi connectivity index (χ2v) is 8.06. The molecule has 4 atom stereocenters. The SMILES string of the molecule is CC1CCC(C(N)C2(N3CCCC3)CCCC2)CC1C. The Labute approximate surface area is 125 Å². The van der Waals surface area contributed by atoms with Crippen LogP contribution < -0.4 is 5.73 Å². The summed E-state index contributed by atoms with van der Waals surface area (Å²) >= 11 is 0. The predicted molar refractivity (Wildman–Crippen MR) is 85.7 cm³/mol. The van der Waals surface area contributed by atoms with Crippen LogP contribution in [-0.4, -0.2) is 29.6 Å². The topological polar surface area (TPSA) is 29.3 Å². The average Bonchev–Trinajstić information content (AvgIpc) is 3.12. The van der Waals surface area contributed by atoms with Crippen LogP contribution in [0.5, 0.6) is 0 Å². The smallest absolute Gasteiger partial charge is 0.0363 e. The van der Waals surface area contributed by atoms with E-state index in [1.54, 1.807) is 0 Å². The first-order valence-electron chi connectivity index (χ1n) is 9.14. The molecule has 3 aliphatic rings. The molecule has 116 valence electrons. The van der Waals surface area contributed by atoms with Crippen molar-refractivity contribution in [2.24, 2.45) is 23.5 Å². The summed E-state index contributed by atoms with van der Waals surface area (Å²) in [6, 6.07) is 0.429. The molecule has 0 aromatic carbocycles. The summed E-state index contributed by atoms with van der Waals surface area (Å²) < 4.78 is 0. The number of hydrogen-bond acceptors (Lipinski definition) is 2. The van der Waals surface area contributed by atoms with Crippen LogP contribution in [0.4, 0.5) is 0 Å². The second kappa shape index (κ2) is 5.96. The van der Waals surface area contributed by atoms with E-state index in [0.29, 0.717) is 11.6 Å². The van der Waals surface area contributed by atoms with Gasteiger partial charge >= 0.3 is 0 Å². The van der Waals surface area contributed by atoms with E-state index in [1.165, 1.54) is 70.9 Å². The van der Waals surface area contributed by atoms with Crippen LogP contribution in [0.2, 0.25) is 0 Å². The van der Waals surface area contributed by atoms with Gasteiger partial charge in [0, 0.05) is 11.6 Å². The third-order valence-corrected chi connectivity index (χ3v) is 6.97. The molecule has 2 N–H and O–H groups in total. The predicted octanol–water partition coefficient (Wildman–Crippen LogP) is 3.79. The van der Waals surface area contributed by atoms with Crippen molar-refractivity contribution in [2.45, 2.75) is 83.2 Å². The van der Waals surface area contributed by atoms with Crippen LogP contribution in [0.3, 0.4) is 0 Å². The fourth-order valence-corrected chi connectivity index (χ4v) is 5.36. The summed E-state index contributed by atoms with van der Waals surface area (Å²) in [4.78, 5) is 2.80. The monoisotopic (exact) mass is 278 g/mol. The van der Waals surface area contributed by atoms with E-state index < -0.39 is 0 Å². The summed E-state index contributed by atoms with van der Waals surface area (Å²) in [6.45, 7) is 7.50. The maximum atomic E-state index is 6.93. The van der Waals surface area contributed by atoms with Crippen molar-refractivity contribution in [1.82, 2.24) is 4.90 Å². The van der Waals surface area contributed by atoms with Crippen LogP contribution in [0, 0.1) is 17.8 Å². The molecule has 2 aliphatic carbocycles. The van der Waals surface area contributed by atoms with Gasteiger partial charge in [0.2, 0.25) is 0 Å². The van der Waals surface area contributed by atoms with E-state index in [9.17, 15) is 0 Å². The summed E-state index contributed by atoms with van der Waals surface area (Å²) in [7, 11) is 0. The highest BCUT2D eigenvalue weighted by molar-refractivity contribution is 5.06. The average molecular weight is 278 g/mol. The minimum atomic E-state index is 0.376. The molecule has 0 bridgehead atoms. The number of likely N-dealkylation sites (tertiary alicyclic amines) is 1. The third-order valence-electron chi connectivity index (χ3n) is 6.97. The molecule has 3 fully saturated rings. The van der Waals surface area contributed by atoms with Gasteiger partial charge in [-0.15, -0.1) is 0 Å². The van der Waals surface area contributed by atoms with Gasteiger partial charge in [0.25, 0.3) is 0 Å². The van der Waals surface area contributed by atoms with E-state index in [-0.39, 0.29) is 0 Å². The Bertz CT molecular complexity index is 315. The summed E-state index contributed by atoms with van der Waals surface area (Å²) in [5.74, 6) is 2.56. The van der Waals surface area contributed by atoms with E-state index >= 15 is 0 Å². The highest BCUT2D eigenvalue weighted by Crippen LogP contribution is 2.45. The zero-order valence-electron chi connectivity index (χ0n) is 13.6. The molecule has 0 radical (unpaired) electrons. The lowest BCUT2D eigenvalue weighted by Gasteiger charge is -2.48. The Morgan fingerprint density at radius 1 is 0.950 bits per heavy atom. The molecule has 1 saturated heterocycles. The molecule has 0 spiro atoms. The highest BCUT2D eigenvalue weighted by atomic mass is 15.2. The van der Waals surface area contributed by atoms with Gasteiger partial charge in [0.1, 0.15) is 0 Å². The van der Waals surface area contributed by atoms with Gasteiger partial charge in [-0.2, -0.15) is 0 Å². The maximum absolute atomic E-state index is 6.93. The zero-order chi connectivity index (χ0) is 14.2. The molecule has 2 saturated carbocycles. The van der Waals surface area contributed by atoms with Crippen molar-refractivity contribution in [3.05, 3.63) is 0 Å². The van der Waals surface area contributed by atoms with Crippen LogP contribution in [0.1, 0.15) is 71.6 Å². The standard InChI is InChI=1S/C18H34N2/c1-14-7-8-16(13-15(14)2)17(19)18(9-3-4-10-18)20-11-5-6-12-20/h14-17H,3-13,19H2,1-2H3. The Morgan fingerprint density at radius 2 is 1.60 bits per heavy atom. The molecule has 3 rings (SSSR count). The summed E-state index contributed by atoms with van der Waals surface area (Å²) in [5, 5.41) is 0. The lowest BCUT2D eigenvalue weighted by atomic mass is 9.68. The number of nitrogens with zero attached hydrogens (tertiary/aromatic N) is 1. The van der Waals surface area contributed by atoms with E-state index in [1.807, 2.05) is 0 Å². The minimum absolute atomic E-state index is 0.376. The number of hydrogen-bond donors (Lipinski definition) is 1. The van der Waals surface area contributed by atoms with E-state index in [0.717, 1.165) is 17.8 Å². The third kappa shape index (κ3) is 2.54. The Balaban J connectivity index is 1.74. The first kappa shape index (κ1) is 14.8. The van der Waals surface area contributed by atoms with Crippen molar-refractivity contribution < 1.29 is 0 Å². The number of rotatable bonds is 3. The van der Waals surface area contributed by atoms with Gasteiger partial charge < -0.3 is 5.73 Å². The van der Waals surface area contributed by atoms with Crippen LogP contribution in [-0.2, 0) is 0 Å². The molecule has 0 aromatic rings. The van der Waals surface area contributed by atoms with Crippen molar-refractivity contribution in [3.63, 3.8) is 0 Å². The van der Waals surface area contributed by atoms with Gasteiger partial charge in [-0.25, -0.2) is 0 Å². The van der Waals surface area contributed by atoms with Crippen molar-refractivity contribution in [2.75, 3.05) is 13.1 Å². The Kier molecular flexibility index (Phi) is 4.42. The second-order valence-electron chi connectivity index (χ2n) is 8.06. The van der Waals surface area contributed by atoms with Crippen molar-refractivity contribution in [1.29, 1.82) is 0 Å². The molecule has 0 aromatic heterocycles.